The maximum absolute atomic E-state index is 12.4. The Balaban J connectivity index is 1.31. The van der Waals surface area contributed by atoms with E-state index < -0.39 is 0 Å². The van der Waals surface area contributed by atoms with E-state index >= 15 is 0 Å². The zero-order valence-corrected chi connectivity index (χ0v) is 19.4. The summed E-state index contributed by atoms with van der Waals surface area (Å²) in [5.41, 5.74) is 1.26. The number of hydrogen-bond donors (Lipinski definition) is 1. The molecule has 1 N–H and O–H groups in total. The highest BCUT2D eigenvalue weighted by Gasteiger charge is 2.25. The summed E-state index contributed by atoms with van der Waals surface area (Å²) in [6.07, 6.45) is 7.58. The molecule has 1 aromatic carbocycles. The number of carbonyl (C=O) groups excluding carboxylic acids is 1. The Kier molecular flexibility index (Phi) is 7.75. The summed E-state index contributed by atoms with van der Waals surface area (Å²) in [7, 11) is 0. The molecule has 2 heterocycles. The number of aromatic nitrogens is 3. The molecule has 1 aliphatic carbocycles. The van der Waals surface area contributed by atoms with E-state index in [-0.39, 0.29) is 5.91 Å². The Bertz CT molecular complexity index is 964. The summed E-state index contributed by atoms with van der Waals surface area (Å²) in [6, 6.07) is 12.6. The number of benzene rings is 1. The van der Waals surface area contributed by atoms with Crippen LogP contribution >= 0.6 is 23.5 Å². The molecule has 164 valence electrons. The van der Waals surface area contributed by atoms with Crippen LogP contribution in [0.3, 0.4) is 0 Å². The number of carbonyl (C=O) groups is 1. The van der Waals surface area contributed by atoms with E-state index in [0.29, 0.717) is 18.3 Å². The molecule has 0 radical (unpaired) electrons. The number of amides is 1. The Morgan fingerprint density at radius 2 is 1.94 bits per heavy atom. The van der Waals surface area contributed by atoms with E-state index in [1.165, 1.54) is 41.5 Å². The molecule has 2 aromatic heterocycles. The van der Waals surface area contributed by atoms with Crippen LogP contribution in [-0.4, -0.2) is 38.7 Å². The molecule has 0 bridgehead atoms. The van der Waals surface area contributed by atoms with Gasteiger partial charge in [0.15, 0.2) is 10.9 Å². The molecule has 1 amide bonds. The quantitative estimate of drug-likeness (QED) is 0.345. The minimum absolute atomic E-state index is 0.0206. The number of furan rings is 1. The highest BCUT2D eigenvalue weighted by atomic mass is 32.2. The van der Waals surface area contributed by atoms with Crippen LogP contribution in [0.25, 0.3) is 11.6 Å². The fourth-order valence-electron chi connectivity index (χ4n) is 3.79. The zero-order chi connectivity index (χ0) is 21.5. The molecule has 6 nitrogen and oxygen atoms in total. The molecule has 1 saturated carbocycles. The fourth-order valence-corrected chi connectivity index (χ4v) is 5.40. The first-order valence-electron chi connectivity index (χ1n) is 10.8. The van der Waals surface area contributed by atoms with Crippen molar-refractivity contribution in [1.29, 1.82) is 0 Å². The molecule has 4 rings (SSSR count). The van der Waals surface area contributed by atoms with Crippen molar-refractivity contribution < 1.29 is 9.21 Å². The second kappa shape index (κ2) is 10.9. The lowest BCUT2D eigenvalue weighted by Gasteiger charge is -2.25. The maximum atomic E-state index is 12.4. The third-order valence-corrected chi connectivity index (χ3v) is 7.35. The van der Waals surface area contributed by atoms with E-state index in [1.807, 2.05) is 12.1 Å². The minimum Gasteiger partial charge on any atom is -0.461 e. The normalized spacial score (nSPS) is 14.6. The predicted molar refractivity (Wildman–Crippen MR) is 125 cm³/mol. The standard InChI is InChI=1S/C23H28N4O2S2/c1-17-9-11-19(12-10-17)30-15-13-24-21(28)16-31-23-26-25-22(20-8-5-14-29-20)27(23)18-6-3-2-4-7-18/h5,8-12,14,18H,2-4,6-7,13,15-16H2,1H3,(H,24,28). The third-order valence-electron chi connectivity index (χ3n) is 5.39. The molecule has 1 fully saturated rings. The van der Waals surface area contributed by atoms with Crippen molar-refractivity contribution in [3.05, 3.63) is 48.2 Å². The summed E-state index contributed by atoms with van der Waals surface area (Å²) < 4.78 is 7.77. The maximum Gasteiger partial charge on any atom is 0.230 e. The number of nitrogens with one attached hydrogen (secondary N) is 1. The average molecular weight is 457 g/mol. The average Bonchev–Trinajstić information content (AvgIpc) is 3.47. The number of nitrogens with zero attached hydrogens (tertiary/aromatic N) is 3. The van der Waals surface area contributed by atoms with Crippen molar-refractivity contribution in [2.75, 3.05) is 18.1 Å². The van der Waals surface area contributed by atoms with Crippen LogP contribution in [0.1, 0.15) is 43.7 Å². The molecule has 0 atom stereocenters. The zero-order valence-electron chi connectivity index (χ0n) is 17.8. The van der Waals surface area contributed by atoms with E-state index in [2.05, 4.69) is 51.3 Å². The van der Waals surface area contributed by atoms with Gasteiger partial charge in [0.2, 0.25) is 11.7 Å². The van der Waals surface area contributed by atoms with E-state index in [4.69, 9.17) is 4.42 Å². The van der Waals surface area contributed by atoms with Crippen LogP contribution in [0.15, 0.2) is 57.1 Å². The van der Waals surface area contributed by atoms with Crippen LogP contribution in [0.5, 0.6) is 0 Å². The molecule has 0 aliphatic heterocycles. The first-order valence-corrected chi connectivity index (χ1v) is 12.8. The van der Waals surface area contributed by atoms with Crippen molar-refractivity contribution in [1.82, 2.24) is 20.1 Å². The Hall–Kier alpha value is -2.19. The summed E-state index contributed by atoms with van der Waals surface area (Å²) >= 11 is 3.20. The molecule has 1 aliphatic rings. The van der Waals surface area contributed by atoms with Crippen LogP contribution in [-0.2, 0) is 4.79 Å². The highest BCUT2D eigenvalue weighted by Crippen LogP contribution is 2.35. The van der Waals surface area contributed by atoms with Crippen molar-refractivity contribution in [2.24, 2.45) is 0 Å². The number of rotatable bonds is 9. The lowest BCUT2D eigenvalue weighted by atomic mass is 9.95. The lowest BCUT2D eigenvalue weighted by Crippen LogP contribution is -2.27. The summed E-state index contributed by atoms with van der Waals surface area (Å²) in [6.45, 7) is 2.73. The SMILES string of the molecule is Cc1ccc(SCCNC(=O)CSc2nnc(-c3ccco3)n2C2CCCCC2)cc1. The molecule has 8 heteroatoms. The predicted octanol–water partition coefficient (Wildman–Crippen LogP) is 5.35. The first kappa shape index (κ1) is 22.0. The van der Waals surface area contributed by atoms with Gasteiger partial charge in [-0.2, -0.15) is 0 Å². The van der Waals surface area contributed by atoms with Gasteiger partial charge in [0.25, 0.3) is 0 Å². The molecule has 3 aromatic rings. The van der Waals surface area contributed by atoms with Crippen molar-refractivity contribution in [2.45, 2.75) is 55.1 Å². The summed E-state index contributed by atoms with van der Waals surface area (Å²) in [5, 5.41) is 12.6. The number of hydrogen-bond acceptors (Lipinski definition) is 6. The largest absolute Gasteiger partial charge is 0.461 e. The Morgan fingerprint density at radius 3 is 2.68 bits per heavy atom. The van der Waals surface area contributed by atoms with Crippen molar-refractivity contribution >= 4 is 29.4 Å². The van der Waals surface area contributed by atoms with Crippen molar-refractivity contribution in [3.63, 3.8) is 0 Å². The lowest BCUT2D eigenvalue weighted by molar-refractivity contribution is -0.118. The second-order valence-electron chi connectivity index (χ2n) is 7.75. The van der Waals surface area contributed by atoms with Crippen LogP contribution in [0.4, 0.5) is 0 Å². The van der Waals surface area contributed by atoms with Gasteiger partial charge < -0.3 is 9.73 Å². The third kappa shape index (κ3) is 5.95. The van der Waals surface area contributed by atoms with E-state index in [0.717, 1.165) is 35.3 Å². The van der Waals surface area contributed by atoms with Gasteiger partial charge >= 0.3 is 0 Å². The summed E-state index contributed by atoms with van der Waals surface area (Å²) in [5.74, 6) is 2.68. The minimum atomic E-state index is 0.0206. The molecular weight excluding hydrogens is 428 g/mol. The second-order valence-corrected chi connectivity index (χ2v) is 9.86. The number of aryl methyl sites for hydroxylation is 1. The van der Waals surface area contributed by atoms with Gasteiger partial charge in [0, 0.05) is 23.2 Å². The van der Waals surface area contributed by atoms with Gasteiger partial charge in [-0.05, 0) is 44.0 Å². The molecular formula is C23H28N4O2S2. The summed E-state index contributed by atoms with van der Waals surface area (Å²) in [4.78, 5) is 13.6. The van der Waals surface area contributed by atoms with Gasteiger partial charge in [0.1, 0.15) is 0 Å². The molecule has 31 heavy (non-hydrogen) atoms. The molecule has 0 spiro atoms. The van der Waals surface area contributed by atoms with Crippen LogP contribution in [0.2, 0.25) is 0 Å². The monoisotopic (exact) mass is 456 g/mol. The van der Waals surface area contributed by atoms with Crippen LogP contribution in [0, 0.1) is 6.92 Å². The smallest absolute Gasteiger partial charge is 0.230 e. The fraction of sp³-hybridized carbons (Fsp3) is 0.435. The Morgan fingerprint density at radius 1 is 1.13 bits per heavy atom. The first-order chi connectivity index (χ1) is 15.2. The highest BCUT2D eigenvalue weighted by molar-refractivity contribution is 7.99. The molecule has 0 unspecified atom stereocenters. The van der Waals surface area contributed by atoms with E-state index in [9.17, 15) is 4.79 Å². The van der Waals surface area contributed by atoms with Gasteiger partial charge in [-0.1, -0.05) is 48.7 Å². The van der Waals surface area contributed by atoms with Gasteiger partial charge in [-0.25, -0.2) is 0 Å². The topological polar surface area (TPSA) is 73.0 Å². The Labute approximate surface area is 191 Å². The van der Waals surface area contributed by atoms with E-state index in [1.54, 1.807) is 18.0 Å². The number of thioether (sulfide) groups is 2. The van der Waals surface area contributed by atoms with Gasteiger partial charge in [-0.3, -0.25) is 9.36 Å². The van der Waals surface area contributed by atoms with Crippen molar-refractivity contribution in [3.8, 4) is 11.6 Å². The van der Waals surface area contributed by atoms with Crippen LogP contribution < -0.4 is 5.32 Å². The van der Waals surface area contributed by atoms with Gasteiger partial charge in [-0.15, -0.1) is 22.0 Å². The molecule has 0 saturated heterocycles. The van der Waals surface area contributed by atoms with Gasteiger partial charge in [0.05, 0.1) is 12.0 Å².